The van der Waals surface area contributed by atoms with E-state index in [0.29, 0.717) is 44.2 Å². The number of carbonyl (C=O) groups is 1. The summed E-state index contributed by atoms with van der Waals surface area (Å²) < 4.78 is 7.45. The molecule has 0 radical (unpaired) electrons. The molecule has 1 saturated heterocycles. The third-order valence-corrected chi connectivity index (χ3v) is 6.34. The van der Waals surface area contributed by atoms with Gasteiger partial charge in [-0.2, -0.15) is 0 Å². The van der Waals surface area contributed by atoms with Crippen LogP contribution in [0.1, 0.15) is 18.5 Å². The number of piperidine rings is 1. The number of benzene rings is 1. The fraction of sp³-hybridized carbons (Fsp3) is 0.292. The number of para-hydroxylation sites is 1. The van der Waals surface area contributed by atoms with Crippen LogP contribution in [0.4, 0.5) is 16.4 Å². The molecule has 4 heterocycles. The maximum absolute atomic E-state index is 11.4. The van der Waals surface area contributed by atoms with Crippen molar-refractivity contribution < 1.29 is 14.6 Å². The highest BCUT2D eigenvalue weighted by Gasteiger charge is 2.39. The number of hydrogen-bond acceptors (Lipinski definition) is 7. The second-order valence-corrected chi connectivity index (χ2v) is 8.38. The summed E-state index contributed by atoms with van der Waals surface area (Å²) in [6.45, 7) is 1.36. The summed E-state index contributed by atoms with van der Waals surface area (Å²) in [6, 6.07) is 11.9. The van der Waals surface area contributed by atoms with Crippen molar-refractivity contribution >= 4 is 28.6 Å². The van der Waals surface area contributed by atoms with Crippen LogP contribution >= 0.6 is 0 Å². The maximum atomic E-state index is 11.4. The van der Waals surface area contributed by atoms with Crippen molar-refractivity contribution in [3.8, 4) is 5.69 Å². The van der Waals surface area contributed by atoms with Crippen molar-refractivity contribution in [2.75, 3.05) is 32.1 Å². The number of pyridine rings is 1. The Hall–Kier alpha value is -4.05. The molecule has 5 rings (SSSR count). The van der Waals surface area contributed by atoms with Gasteiger partial charge in [-0.15, -0.1) is 5.10 Å². The number of fused-ring (bicyclic) bond motifs is 1. The zero-order valence-electron chi connectivity index (χ0n) is 18.8. The summed E-state index contributed by atoms with van der Waals surface area (Å²) in [5.74, 6) is 1.29. The number of carboxylic acid groups (broad SMARTS) is 1. The lowest BCUT2D eigenvalue weighted by molar-refractivity contribution is 0.0673. The van der Waals surface area contributed by atoms with E-state index in [-0.39, 0.29) is 5.41 Å². The zero-order valence-corrected chi connectivity index (χ0v) is 18.8. The quantitative estimate of drug-likeness (QED) is 0.449. The lowest BCUT2D eigenvalue weighted by Gasteiger charge is -2.40. The normalized spacial score (nSPS) is 15.4. The van der Waals surface area contributed by atoms with Crippen LogP contribution in [-0.4, -0.2) is 67.6 Å². The Kier molecular flexibility index (Phi) is 5.81. The Balaban J connectivity index is 1.53. The summed E-state index contributed by atoms with van der Waals surface area (Å²) in [5.41, 5.74) is 2.32. The Morgan fingerprint density at radius 3 is 2.71 bits per heavy atom. The molecule has 0 spiro atoms. The van der Waals surface area contributed by atoms with Gasteiger partial charge < -0.3 is 20.1 Å². The van der Waals surface area contributed by atoms with Crippen molar-refractivity contribution in [3.05, 3.63) is 66.9 Å². The summed E-state index contributed by atoms with van der Waals surface area (Å²) in [6.07, 6.45) is 7.07. The van der Waals surface area contributed by atoms with E-state index < -0.39 is 6.09 Å². The standard InChI is InChI=1S/C24H25N7O3/c1-34-16-24(7-12-30(13-8-24)23(32)33)20-14-17(6-9-26-20)31-19-5-3-2-4-18(19)22(29-31)28-21-15-25-10-11-27-21/h2-6,9-11,14-15H,7-8,12-13,16H2,1H3,(H,32,33)(H,27,28,29). The van der Waals surface area contributed by atoms with Crippen molar-refractivity contribution in [2.24, 2.45) is 0 Å². The Bertz CT molecular complexity index is 1300. The molecule has 1 amide bonds. The number of ether oxygens (including phenoxy) is 1. The van der Waals surface area contributed by atoms with E-state index in [0.717, 1.165) is 22.3 Å². The summed E-state index contributed by atoms with van der Waals surface area (Å²) in [7, 11) is 1.67. The molecule has 0 aliphatic carbocycles. The van der Waals surface area contributed by atoms with E-state index in [1.807, 2.05) is 41.1 Å². The highest BCUT2D eigenvalue weighted by Crippen LogP contribution is 2.36. The highest BCUT2D eigenvalue weighted by atomic mass is 16.5. The van der Waals surface area contributed by atoms with Crippen molar-refractivity contribution in [1.82, 2.24) is 29.6 Å². The third-order valence-electron chi connectivity index (χ3n) is 6.34. The molecule has 0 unspecified atom stereocenters. The number of methoxy groups -OCH3 is 1. The first-order chi connectivity index (χ1) is 16.6. The minimum atomic E-state index is -0.890. The molecule has 10 nitrogen and oxygen atoms in total. The number of rotatable bonds is 6. The van der Waals surface area contributed by atoms with Gasteiger partial charge in [0, 0.05) is 49.6 Å². The van der Waals surface area contributed by atoms with Crippen LogP contribution in [0.2, 0.25) is 0 Å². The lowest BCUT2D eigenvalue weighted by Crippen LogP contribution is -2.47. The molecule has 0 bridgehead atoms. The van der Waals surface area contributed by atoms with E-state index in [9.17, 15) is 9.90 Å². The van der Waals surface area contributed by atoms with Gasteiger partial charge in [-0.3, -0.25) is 9.97 Å². The number of nitrogens with zero attached hydrogens (tertiary/aromatic N) is 6. The summed E-state index contributed by atoms with van der Waals surface area (Å²) >= 11 is 0. The van der Waals surface area contributed by atoms with E-state index in [2.05, 4.69) is 20.3 Å². The van der Waals surface area contributed by atoms with E-state index in [4.69, 9.17) is 9.84 Å². The van der Waals surface area contributed by atoms with Gasteiger partial charge in [-0.25, -0.2) is 14.5 Å². The van der Waals surface area contributed by atoms with Crippen LogP contribution in [-0.2, 0) is 10.2 Å². The van der Waals surface area contributed by atoms with Crippen molar-refractivity contribution in [1.29, 1.82) is 0 Å². The van der Waals surface area contributed by atoms with E-state index in [1.54, 1.807) is 31.9 Å². The van der Waals surface area contributed by atoms with Gasteiger partial charge in [-0.1, -0.05) is 12.1 Å². The number of likely N-dealkylation sites (tertiary alicyclic amines) is 1. The molecule has 34 heavy (non-hydrogen) atoms. The minimum Gasteiger partial charge on any atom is -0.465 e. The predicted octanol–water partition coefficient (Wildman–Crippen LogP) is 3.61. The Morgan fingerprint density at radius 1 is 1.15 bits per heavy atom. The second-order valence-electron chi connectivity index (χ2n) is 8.38. The first-order valence-corrected chi connectivity index (χ1v) is 11.0. The molecular formula is C24H25N7O3. The molecule has 0 saturated carbocycles. The smallest absolute Gasteiger partial charge is 0.407 e. The number of hydrogen-bond donors (Lipinski definition) is 2. The fourth-order valence-corrected chi connectivity index (χ4v) is 4.56. The largest absolute Gasteiger partial charge is 0.465 e. The third kappa shape index (κ3) is 4.03. The van der Waals surface area contributed by atoms with Crippen LogP contribution in [0.3, 0.4) is 0 Å². The molecule has 0 atom stereocenters. The number of nitrogens with one attached hydrogen (secondary N) is 1. The molecule has 10 heteroatoms. The number of anilines is 2. The van der Waals surface area contributed by atoms with Gasteiger partial charge in [0.15, 0.2) is 5.82 Å². The fourth-order valence-electron chi connectivity index (χ4n) is 4.56. The summed E-state index contributed by atoms with van der Waals surface area (Å²) in [5, 5.41) is 18.4. The Morgan fingerprint density at radius 2 is 1.97 bits per heavy atom. The molecule has 4 aromatic rings. The molecule has 1 aromatic carbocycles. The average molecular weight is 460 g/mol. The van der Waals surface area contributed by atoms with Crippen molar-refractivity contribution in [3.63, 3.8) is 0 Å². The Labute approximate surface area is 196 Å². The first-order valence-electron chi connectivity index (χ1n) is 11.0. The molecule has 3 aromatic heterocycles. The topological polar surface area (TPSA) is 118 Å². The second kappa shape index (κ2) is 9.06. The molecule has 174 valence electrons. The van der Waals surface area contributed by atoms with Crippen LogP contribution in [0.25, 0.3) is 16.6 Å². The van der Waals surface area contributed by atoms with Crippen LogP contribution < -0.4 is 5.32 Å². The van der Waals surface area contributed by atoms with E-state index in [1.165, 1.54) is 4.90 Å². The SMILES string of the molecule is COCC1(c2cc(-n3nc(Nc4cnccn4)c4ccccc43)ccn2)CCN(C(=O)O)CC1. The zero-order chi connectivity index (χ0) is 23.5. The first kappa shape index (κ1) is 21.8. The van der Waals surface area contributed by atoms with Gasteiger partial charge >= 0.3 is 6.09 Å². The van der Waals surface area contributed by atoms with Crippen LogP contribution in [0, 0.1) is 0 Å². The predicted molar refractivity (Wildman–Crippen MR) is 127 cm³/mol. The maximum Gasteiger partial charge on any atom is 0.407 e. The molecule has 2 N–H and O–H groups in total. The highest BCUT2D eigenvalue weighted by molar-refractivity contribution is 5.92. The van der Waals surface area contributed by atoms with Crippen LogP contribution in [0.15, 0.2) is 61.2 Å². The van der Waals surface area contributed by atoms with Gasteiger partial charge in [0.1, 0.15) is 5.82 Å². The van der Waals surface area contributed by atoms with Crippen LogP contribution in [0.5, 0.6) is 0 Å². The minimum absolute atomic E-state index is 0.361. The monoisotopic (exact) mass is 459 g/mol. The summed E-state index contributed by atoms with van der Waals surface area (Å²) in [4.78, 5) is 25.9. The van der Waals surface area contributed by atoms with Crippen molar-refractivity contribution in [2.45, 2.75) is 18.3 Å². The molecular weight excluding hydrogens is 434 g/mol. The molecule has 1 aliphatic rings. The van der Waals surface area contributed by atoms with Gasteiger partial charge in [0.05, 0.1) is 29.7 Å². The van der Waals surface area contributed by atoms with E-state index >= 15 is 0 Å². The number of aromatic nitrogens is 5. The molecule has 1 aliphatic heterocycles. The molecule has 1 fully saturated rings. The lowest BCUT2D eigenvalue weighted by atomic mass is 9.76. The number of amides is 1. The average Bonchev–Trinajstić information content (AvgIpc) is 3.24. The van der Waals surface area contributed by atoms with Gasteiger partial charge in [0.2, 0.25) is 0 Å². The van der Waals surface area contributed by atoms with Gasteiger partial charge in [-0.05, 0) is 37.1 Å². The van der Waals surface area contributed by atoms with Gasteiger partial charge in [0.25, 0.3) is 0 Å².